The Bertz CT molecular complexity index is 626. The van der Waals surface area contributed by atoms with Gasteiger partial charge in [-0.05, 0) is 50.6 Å². The lowest BCUT2D eigenvalue weighted by Gasteiger charge is -2.09. The average molecular weight is 300 g/mol. The number of hydrogen-bond donors (Lipinski definition) is 3. The fourth-order valence-electron chi connectivity index (χ4n) is 1.86. The zero-order chi connectivity index (χ0) is 15.9. The normalized spacial score (nSPS) is 11.8. The molecule has 2 aromatic rings. The number of anilines is 1. The Labute approximate surface area is 129 Å². The maximum atomic E-state index is 11.7. The zero-order valence-electron chi connectivity index (χ0n) is 12.7. The summed E-state index contributed by atoms with van der Waals surface area (Å²) in [6.07, 6.45) is 1.82. The maximum Gasteiger partial charge on any atom is 0.319 e. The van der Waals surface area contributed by atoms with Crippen molar-refractivity contribution in [2.24, 2.45) is 0 Å². The quantitative estimate of drug-likeness (QED) is 0.791. The van der Waals surface area contributed by atoms with E-state index < -0.39 is 6.10 Å². The standard InChI is InChI=1S/C16H20N4O2/c1-11-7-9-17-15(19-11)13-3-5-14(6-4-13)20-16(22)18-10-8-12(2)21/h3-7,9,12,21H,8,10H2,1-2H3,(H2,18,20,22). The van der Waals surface area contributed by atoms with Gasteiger partial charge >= 0.3 is 6.03 Å². The van der Waals surface area contributed by atoms with E-state index in [1.165, 1.54) is 0 Å². The van der Waals surface area contributed by atoms with E-state index in [-0.39, 0.29) is 6.03 Å². The van der Waals surface area contributed by atoms with E-state index in [9.17, 15) is 4.79 Å². The lowest BCUT2D eigenvalue weighted by Crippen LogP contribution is -2.30. The van der Waals surface area contributed by atoms with Crippen LogP contribution in [0.5, 0.6) is 0 Å². The summed E-state index contributed by atoms with van der Waals surface area (Å²) in [5, 5.41) is 14.5. The number of aryl methyl sites for hydroxylation is 1. The van der Waals surface area contributed by atoms with Crippen LogP contribution in [0, 0.1) is 6.92 Å². The van der Waals surface area contributed by atoms with Crippen molar-refractivity contribution in [2.75, 3.05) is 11.9 Å². The van der Waals surface area contributed by atoms with Crippen LogP contribution in [0.1, 0.15) is 19.0 Å². The van der Waals surface area contributed by atoms with Crippen LogP contribution >= 0.6 is 0 Å². The van der Waals surface area contributed by atoms with E-state index in [4.69, 9.17) is 5.11 Å². The van der Waals surface area contributed by atoms with Gasteiger partial charge < -0.3 is 15.7 Å². The molecule has 0 aliphatic carbocycles. The highest BCUT2D eigenvalue weighted by Crippen LogP contribution is 2.17. The number of carbonyl (C=O) groups is 1. The minimum atomic E-state index is -0.422. The predicted molar refractivity (Wildman–Crippen MR) is 85.5 cm³/mol. The highest BCUT2D eigenvalue weighted by Gasteiger charge is 2.04. The number of urea groups is 1. The summed E-state index contributed by atoms with van der Waals surface area (Å²) < 4.78 is 0. The third kappa shape index (κ3) is 4.82. The van der Waals surface area contributed by atoms with E-state index in [1.54, 1.807) is 25.3 Å². The van der Waals surface area contributed by atoms with Gasteiger partial charge in [0.25, 0.3) is 0 Å². The number of aliphatic hydroxyl groups is 1. The first-order chi connectivity index (χ1) is 10.5. The summed E-state index contributed by atoms with van der Waals surface area (Å²) in [6, 6.07) is 8.88. The van der Waals surface area contributed by atoms with Gasteiger partial charge in [0.1, 0.15) is 0 Å². The molecule has 0 aliphatic rings. The fourth-order valence-corrected chi connectivity index (χ4v) is 1.86. The Morgan fingerprint density at radius 3 is 2.64 bits per heavy atom. The summed E-state index contributed by atoms with van der Waals surface area (Å²) in [5.74, 6) is 0.660. The minimum absolute atomic E-state index is 0.291. The smallest absolute Gasteiger partial charge is 0.319 e. The first kappa shape index (κ1) is 15.9. The Morgan fingerprint density at radius 1 is 1.27 bits per heavy atom. The lowest BCUT2D eigenvalue weighted by molar-refractivity contribution is 0.184. The third-order valence-corrected chi connectivity index (χ3v) is 3.04. The number of nitrogens with zero attached hydrogens (tertiary/aromatic N) is 2. The fraction of sp³-hybridized carbons (Fsp3) is 0.312. The van der Waals surface area contributed by atoms with Crippen LogP contribution in [0.2, 0.25) is 0 Å². The second-order valence-corrected chi connectivity index (χ2v) is 5.12. The number of aliphatic hydroxyl groups excluding tert-OH is 1. The molecule has 116 valence electrons. The highest BCUT2D eigenvalue weighted by molar-refractivity contribution is 5.89. The van der Waals surface area contributed by atoms with Crippen LogP contribution < -0.4 is 10.6 Å². The third-order valence-electron chi connectivity index (χ3n) is 3.04. The number of nitrogens with one attached hydrogen (secondary N) is 2. The molecule has 0 saturated carbocycles. The average Bonchev–Trinajstić information content (AvgIpc) is 2.47. The summed E-state index contributed by atoms with van der Waals surface area (Å²) in [5.41, 5.74) is 2.49. The van der Waals surface area contributed by atoms with Gasteiger partial charge in [-0.3, -0.25) is 0 Å². The molecule has 0 spiro atoms. The second kappa shape index (κ2) is 7.51. The van der Waals surface area contributed by atoms with Gasteiger partial charge in [-0.1, -0.05) is 0 Å². The monoisotopic (exact) mass is 300 g/mol. The van der Waals surface area contributed by atoms with Crippen molar-refractivity contribution in [2.45, 2.75) is 26.4 Å². The van der Waals surface area contributed by atoms with E-state index in [2.05, 4.69) is 20.6 Å². The topological polar surface area (TPSA) is 87.1 Å². The lowest BCUT2D eigenvalue weighted by atomic mass is 10.2. The van der Waals surface area contributed by atoms with Crippen molar-refractivity contribution in [3.63, 3.8) is 0 Å². The van der Waals surface area contributed by atoms with E-state index in [0.29, 0.717) is 24.5 Å². The minimum Gasteiger partial charge on any atom is -0.393 e. The van der Waals surface area contributed by atoms with Crippen molar-refractivity contribution in [3.05, 3.63) is 42.2 Å². The molecule has 22 heavy (non-hydrogen) atoms. The molecule has 0 saturated heterocycles. The molecular weight excluding hydrogens is 280 g/mol. The summed E-state index contributed by atoms with van der Waals surface area (Å²) in [4.78, 5) is 20.2. The molecule has 0 radical (unpaired) electrons. The molecule has 1 atom stereocenters. The Hall–Kier alpha value is -2.47. The zero-order valence-corrected chi connectivity index (χ0v) is 12.7. The van der Waals surface area contributed by atoms with Gasteiger partial charge in [-0.2, -0.15) is 0 Å². The van der Waals surface area contributed by atoms with Crippen LogP contribution in [0.3, 0.4) is 0 Å². The first-order valence-corrected chi connectivity index (χ1v) is 7.17. The van der Waals surface area contributed by atoms with Crippen LogP contribution in [-0.2, 0) is 0 Å². The van der Waals surface area contributed by atoms with E-state index in [1.807, 2.05) is 25.1 Å². The van der Waals surface area contributed by atoms with Crippen molar-refractivity contribution >= 4 is 11.7 Å². The van der Waals surface area contributed by atoms with Crippen LogP contribution in [-0.4, -0.2) is 33.8 Å². The second-order valence-electron chi connectivity index (χ2n) is 5.12. The van der Waals surface area contributed by atoms with Crippen LogP contribution in [0.15, 0.2) is 36.5 Å². The number of carbonyl (C=O) groups excluding carboxylic acids is 1. The summed E-state index contributed by atoms with van der Waals surface area (Å²) in [6.45, 7) is 4.03. The molecular formula is C16H20N4O2. The van der Waals surface area contributed by atoms with Gasteiger partial charge in [-0.15, -0.1) is 0 Å². The van der Waals surface area contributed by atoms with Gasteiger partial charge in [0, 0.05) is 29.7 Å². The molecule has 1 heterocycles. The molecule has 0 aliphatic heterocycles. The van der Waals surface area contributed by atoms with Gasteiger partial charge in [-0.25, -0.2) is 14.8 Å². The first-order valence-electron chi connectivity index (χ1n) is 7.17. The molecule has 0 bridgehead atoms. The number of amides is 2. The largest absolute Gasteiger partial charge is 0.393 e. The van der Waals surface area contributed by atoms with Crippen LogP contribution in [0.25, 0.3) is 11.4 Å². The molecule has 0 fully saturated rings. The SMILES string of the molecule is Cc1ccnc(-c2ccc(NC(=O)NCCC(C)O)cc2)n1. The number of benzene rings is 1. The van der Waals surface area contributed by atoms with E-state index >= 15 is 0 Å². The van der Waals surface area contributed by atoms with Crippen molar-refractivity contribution in [1.82, 2.24) is 15.3 Å². The Balaban J connectivity index is 1.93. The van der Waals surface area contributed by atoms with Crippen molar-refractivity contribution in [1.29, 1.82) is 0 Å². The molecule has 6 heteroatoms. The Morgan fingerprint density at radius 2 is 2.00 bits per heavy atom. The summed E-state index contributed by atoms with van der Waals surface area (Å²) >= 11 is 0. The highest BCUT2D eigenvalue weighted by atomic mass is 16.3. The molecule has 3 N–H and O–H groups in total. The molecule has 1 aromatic carbocycles. The van der Waals surface area contributed by atoms with Crippen molar-refractivity contribution in [3.8, 4) is 11.4 Å². The molecule has 2 rings (SSSR count). The molecule has 6 nitrogen and oxygen atoms in total. The maximum absolute atomic E-state index is 11.7. The molecule has 1 unspecified atom stereocenters. The number of aromatic nitrogens is 2. The van der Waals surface area contributed by atoms with Gasteiger partial charge in [0.2, 0.25) is 0 Å². The van der Waals surface area contributed by atoms with E-state index in [0.717, 1.165) is 11.3 Å². The molecule has 1 aromatic heterocycles. The number of rotatable bonds is 5. The van der Waals surface area contributed by atoms with Gasteiger partial charge in [0.15, 0.2) is 5.82 Å². The van der Waals surface area contributed by atoms with Gasteiger partial charge in [0.05, 0.1) is 6.10 Å². The number of hydrogen-bond acceptors (Lipinski definition) is 4. The van der Waals surface area contributed by atoms with Crippen LogP contribution in [0.4, 0.5) is 10.5 Å². The van der Waals surface area contributed by atoms with Crippen molar-refractivity contribution < 1.29 is 9.90 Å². The Kier molecular flexibility index (Phi) is 5.43. The predicted octanol–water partition coefficient (Wildman–Crippen LogP) is 2.34. The summed E-state index contributed by atoms with van der Waals surface area (Å²) in [7, 11) is 0. The molecule has 2 amide bonds.